The summed E-state index contributed by atoms with van der Waals surface area (Å²) >= 11 is 1.20. The van der Waals surface area contributed by atoms with Crippen LogP contribution >= 0.6 is 11.3 Å². The van der Waals surface area contributed by atoms with Crippen LogP contribution in [0.4, 0.5) is 24.0 Å². The fourth-order valence-electron chi connectivity index (χ4n) is 3.09. The number of alkyl halides is 3. The van der Waals surface area contributed by atoms with Crippen molar-refractivity contribution >= 4 is 39.1 Å². The lowest BCUT2D eigenvalue weighted by Crippen LogP contribution is -2.22. The summed E-state index contributed by atoms with van der Waals surface area (Å²) in [6, 6.07) is 15.4. The van der Waals surface area contributed by atoms with E-state index in [9.17, 15) is 18.0 Å². The Morgan fingerprint density at radius 3 is 2.45 bits per heavy atom. The van der Waals surface area contributed by atoms with Gasteiger partial charge in [0.15, 0.2) is 5.13 Å². The second kappa shape index (κ2) is 7.32. The standard InChI is InChI=1S/C20H15F3N4OS/c1-13(28)27(15-7-3-2-4-8-15)19-24-14(12-29-19)11-26-17-10-6-5-9-16(17)25-18(26)20(21,22)23/h2-10,12H,11H2,1H3. The first-order chi connectivity index (χ1) is 13.8. The molecule has 4 aromatic rings. The summed E-state index contributed by atoms with van der Waals surface area (Å²) in [7, 11) is 0. The first-order valence-electron chi connectivity index (χ1n) is 8.67. The van der Waals surface area contributed by atoms with Crippen molar-refractivity contribution in [2.24, 2.45) is 0 Å². The zero-order valence-corrected chi connectivity index (χ0v) is 16.0. The largest absolute Gasteiger partial charge is 0.449 e. The van der Waals surface area contributed by atoms with Crippen LogP contribution in [0.15, 0.2) is 60.0 Å². The van der Waals surface area contributed by atoms with Crippen molar-refractivity contribution in [2.75, 3.05) is 4.90 Å². The summed E-state index contributed by atoms with van der Waals surface area (Å²) in [5.41, 5.74) is 1.71. The van der Waals surface area contributed by atoms with E-state index in [4.69, 9.17) is 0 Å². The molecule has 4 rings (SSSR count). The van der Waals surface area contributed by atoms with Crippen molar-refractivity contribution in [1.82, 2.24) is 14.5 Å². The van der Waals surface area contributed by atoms with Gasteiger partial charge in [-0.25, -0.2) is 9.97 Å². The molecule has 2 aromatic heterocycles. The van der Waals surface area contributed by atoms with Crippen molar-refractivity contribution in [2.45, 2.75) is 19.6 Å². The molecule has 9 heteroatoms. The molecular weight excluding hydrogens is 401 g/mol. The number of benzene rings is 2. The van der Waals surface area contributed by atoms with Gasteiger partial charge in [-0.3, -0.25) is 9.69 Å². The van der Waals surface area contributed by atoms with Crippen LogP contribution in [0, 0.1) is 0 Å². The number of hydrogen-bond donors (Lipinski definition) is 0. The SMILES string of the molecule is CC(=O)N(c1ccccc1)c1nc(Cn2c(C(F)(F)F)nc3ccccc32)cs1. The van der Waals surface area contributed by atoms with Crippen molar-refractivity contribution in [3.63, 3.8) is 0 Å². The maximum absolute atomic E-state index is 13.5. The van der Waals surface area contributed by atoms with Gasteiger partial charge in [0.1, 0.15) is 0 Å². The van der Waals surface area contributed by atoms with Crippen LogP contribution in [0.1, 0.15) is 18.4 Å². The molecule has 0 saturated heterocycles. The molecule has 2 aromatic carbocycles. The number of hydrogen-bond acceptors (Lipinski definition) is 4. The highest BCUT2D eigenvalue weighted by Gasteiger charge is 2.37. The van der Waals surface area contributed by atoms with E-state index in [1.165, 1.54) is 23.2 Å². The third kappa shape index (κ3) is 3.73. The number of para-hydroxylation sites is 3. The minimum absolute atomic E-state index is 0.105. The molecule has 0 aliphatic heterocycles. The molecule has 0 radical (unpaired) electrons. The number of fused-ring (bicyclic) bond motifs is 1. The van der Waals surface area contributed by atoms with Gasteiger partial charge >= 0.3 is 6.18 Å². The quantitative estimate of drug-likeness (QED) is 0.457. The van der Waals surface area contributed by atoms with Gasteiger partial charge in [0.05, 0.1) is 29.0 Å². The summed E-state index contributed by atoms with van der Waals surface area (Å²) in [4.78, 5) is 21.8. The Balaban J connectivity index is 1.72. The second-order valence-corrected chi connectivity index (χ2v) is 7.16. The van der Waals surface area contributed by atoms with Gasteiger partial charge in [-0.1, -0.05) is 30.3 Å². The third-order valence-electron chi connectivity index (χ3n) is 4.29. The first-order valence-corrected chi connectivity index (χ1v) is 9.55. The topological polar surface area (TPSA) is 51.0 Å². The Morgan fingerprint density at radius 2 is 1.76 bits per heavy atom. The lowest BCUT2D eigenvalue weighted by Gasteiger charge is -2.17. The normalized spacial score (nSPS) is 11.7. The number of anilines is 2. The highest BCUT2D eigenvalue weighted by atomic mass is 32.1. The van der Waals surface area contributed by atoms with Crippen LogP contribution in [0.3, 0.4) is 0 Å². The molecule has 0 unspecified atom stereocenters. The Labute approximate surface area is 168 Å². The van der Waals surface area contributed by atoms with E-state index >= 15 is 0 Å². The van der Waals surface area contributed by atoms with Crippen LogP contribution in [0.5, 0.6) is 0 Å². The molecule has 0 aliphatic carbocycles. The Bertz CT molecular complexity index is 1170. The zero-order chi connectivity index (χ0) is 20.6. The summed E-state index contributed by atoms with van der Waals surface area (Å²) in [6.07, 6.45) is -4.59. The van der Waals surface area contributed by atoms with Crippen molar-refractivity contribution < 1.29 is 18.0 Å². The molecule has 1 amide bonds. The van der Waals surface area contributed by atoms with Gasteiger partial charge < -0.3 is 4.57 Å². The number of thiazole rings is 1. The van der Waals surface area contributed by atoms with Crippen LogP contribution in [0.2, 0.25) is 0 Å². The van der Waals surface area contributed by atoms with E-state index in [2.05, 4.69) is 9.97 Å². The lowest BCUT2D eigenvalue weighted by atomic mass is 10.3. The molecule has 5 nitrogen and oxygen atoms in total. The van der Waals surface area contributed by atoms with Gasteiger partial charge in [-0.15, -0.1) is 11.3 Å². The van der Waals surface area contributed by atoms with Crippen molar-refractivity contribution in [3.05, 3.63) is 71.5 Å². The molecule has 0 spiro atoms. The second-order valence-electron chi connectivity index (χ2n) is 6.32. The molecule has 0 saturated carbocycles. The summed E-state index contributed by atoms with van der Waals surface area (Å²) in [5, 5.41) is 2.06. The monoisotopic (exact) mass is 416 g/mol. The Morgan fingerprint density at radius 1 is 1.07 bits per heavy atom. The Hall–Kier alpha value is -3.20. The van der Waals surface area contributed by atoms with Crippen LogP contribution in [-0.4, -0.2) is 20.4 Å². The first kappa shape index (κ1) is 19.1. The van der Waals surface area contributed by atoms with Crippen molar-refractivity contribution in [1.29, 1.82) is 0 Å². The fraction of sp³-hybridized carbons (Fsp3) is 0.150. The van der Waals surface area contributed by atoms with Crippen LogP contribution < -0.4 is 4.90 Å². The van der Waals surface area contributed by atoms with E-state index in [1.54, 1.807) is 53.9 Å². The molecule has 0 fully saturated rings. The lowest BCUT2D eigenvalue weighted by molar-refractivity contribution is -0.146. The minimum atomic E-state index is -4.59. The van der Waals surface area contributed by atoms with Crippen LogP contribution in [-0.2, 0) is 17.5 Å². The highest BCUT2D eigenvalue weighted by Crippen LogP contribution is 2.33. The third-order valence-corrected chi connectivity index (χ3v) is 5.16. The summed E-state index contributed by atoms with van der Waals surface area (Å²) in [6.45, 7) is 1.31. The highest BCUT2D eigenvalue weighted by molar-refractivity contribution is 7.14. The van der Waals surface area contributed by atoms with Gasteiger partial charge in [-0.05, 0) is 24.3 Å². The molecule has 0 aliphatic rings. The maximum atomic E-state index is 13.5. The Kier molecular flexibility index (Phi) is 4.83. The minimum Gasteiger partial charge on any atom is -0.314 e. The van der Waals surface area contributed by atoms with E-state index < -0.39 is 12.0 Å². The van der Waals surface area contributed by atoms with Gasteiger partial charge in [0, 0.05) is 12.3 Å². The molecule has 0 bridgehead atoms. The molecule has 2 heterocycles. The molecule has 29 heavy (non-hydrogen) atoms. The fourth-order valence-corrected chi connectivity index (χ4v) is 3.97. The molecule has 148 valence electrons. The molecule has 0 N–H and O–H groups in total. The number of amides is 1. The summed E-state index contributed by atoms with van der Waals surface area (Å²) in [5.74, 6) is -1.21. The van der Waals surface area contributed by atoms with Gasteiger partial charge in [0.25, 0.3) is 0 Å². The summed E-state index contributed by atoms with van der Waals surface area (Å²) < 4.78 is 41.6. The number of imidazole rings is 1. The maximum Gasteiger partial charge on any atom is 0.449 e. The van der Waals surface area contributed by atoms with Crippen molar-refractivity contribution in [3.8, 4) is 0 Å². The predicted molar refractivity (Wildman–Crippen MR) is 105 cm³/mol. The van der Waals surface area contributed by atoms with E-state index in [0.29, 0.717) is 22.0 Å². The number of aromatic nitrogens is 3. The smallest absolute Gasteiger partial charge is 0.314 e. The average molecular weight is 416 g/mol. The predicted octanol–water partition coefficient (Wildman–Crippen LogP) is 5.24. The van der Waals surface area contributed by atoms with Crippen LogP contribution in [0.25, 0.3) is 11.0 Å². The van der Waals surface area contributed by atoms with Gasteiger partial charge in [0.2, 0.25) is 11.7 Å². The number of nitrogens with zero attached hydrogens (tertiary/aromatic N) is 4. The number of rotatable bonds is 4. The van der Waals surface area contributed by atoms with Gasteiger partial charge in [-0.2, -0.15) is 13.2 Å². The number of halogens is 3. The molecular formula is C20H15F3N4OS. The van der Waals surface area contributed by atoms with E-state index in [0.717, 1.165) is 4.57 Å². The number of carbonyl (C=O) groups is 1. The zero-order valence-electron chi connectivity index (χ0n) is 15.2. The molecule has 0 atom stereocenters. The van der Waals surface area contributed by atoms with E-state index in [-0.39, 0.29) is 18.0 Å². The van der Waals surface area contributed by atoms with E-state index in [1.807, 2.05) is 6.07 Å². The average Bonchev–Trinajstić information content (AvgIpc) is 3.28. The number of carbonyl (C=O) groups excluding carboxylic acids is 1.